The Morgan fingerprint density at radius 2 is 1.33 bits per heavy atom. The Morgan fingerprint density at radius 1 is 0.639 bits per heavy atom. The van der Waals surface area contributed by atoms with Crippen LogP contribution in [0.4, 0.5) is 17.1 Å². The molecule has 7 rings (SSSR count). The number of anilines is 3. The van der Waals surface area contributed by atoms with Gasteiger partial charge < -0.3 is 23.4 Å². The van der Waals surface area contributed by atoms with Crippen LogP contribution in [0.25, 0.3) is 21.9 Å². The maximum atomic E-state index is 6.40. The highest BCUT2D eigenvalue weighted by Gasteiger charge is 2.52. The van der Waals surface area contributed by atoms with Crippen LogP contribution in [0.2, 0.25) is 0 Å². The van der Waals surface area contributed by atoms with Gasteiger partial charge in [-0.2, -0.15) is 0 Å². The predicted octanol–water partition coefficient (Wildman–Crippen LogP) is 7.46. The van der Waals surface area contributed by atoms with Crippen molar-refractivity contribution in [3.63, 3.8) is 0 Å². The molecule has 0 atom stereocenters. The van der Waals surface area contributed by atoms with Gasteiger partial charge in [0.05, 0.1) is 22.6 Å². The van der Waals surface area contributed by atoms with Crippen molar-refractivity contribution in [1.82, 2.24) is 0 Å². The molecule has 36 heavy (non-hydrogen) atoms. The van der Waals surface area contributed by atoms with Crippen molar-refractivity contribution in [1.29, 1.82) is 0 Å². The number of nitrogens with zero attached hydrogens (tertiary/aromatic N) is 1. The second-order valence-electron chi connectivity index (χ2n) is 10.5. The number of hydrogen-bond donors (Lipinski definition) is 0. The highest BCUT2D eigenvalue weighted by molar-refractivity contribution is 6.62. The molecule has 0 bridgehead atoms. The lowest BCUT2D eigenvalue weighted by atomic mass is 9.79. The second kappa shape index (κ2) is 7.39. The molecule has 1 fully saturated rings. The molecule has 0 unspecified atom stereocenters. The van der Waals surface area contributed by atoms with E-state index in [-0.39, 0.29) is 0 Å². The van der Waals surface area contributed by atoms with Crippen molar-refractivity contribution in [3.8, 4) is 11.5 Å². The number of rotatable bonds is 2. The lowest BCUT2D eigenvalue weighted by molar-refractivity contribution is 0.00578. The van der Waals surface area contributed by atoms with E-state index < -0.39 is 18.3 Å². The Labute approximate surface area is 210 Å². The molecule has 2 aliphatic heterocycles. The highest BCUT2D eigenvalue weighted by atomic mass is 16.7. The van der Waals surface area contributed by atoms with E-state index in [1.165, 1.54) is 0 Å². The van der Waals surface area contributed by atoms with Crippen LogP contribution in [0.15, 0.2) is 89.3 Å². The molecule has 5 nitrogen and oxygen atoms in total. The summed E-state index contributed by atoms with van der Waals surface area (Å²) >= 11 is 0. The van der Waals surface area contributed by atoms with Gasteiger partial charge in [-0.15, -0.1) is 0 Å². The molecule has 178 valence electrons. The molecule has 0 saturated carbocycles. The lowest BCUT2D eigenvalue weighted by Gasteiger charge is -2.33. The molecule has 1 aromatic heterocycles. The van der Waals surface area contributed by atoms with Crippen LogP contribution in [0.1, 0.15) is 27.7 Å². The number of fused-ring (bicyclic) bond motifs is 5. The summed E-state index contributed by atoms with van der Waals surface area (Å²) in [6.45, 7) is 8.26. The number of benzene rings is 4. The van der Waals surface area contributed by atoms with E-state index in [1.807, 2.05) is 48.5 Å². The molecule has 6 heteroatoms. The van der Waals surface area contributed by atoms with Gasteiger partial charge in [-0.3, -0.25) is 0 Å². The molecule has 0 amide bonds. The number of ether oxygens (including phenoxy) is 1. The van der Waals surface area contributed by atoms with Crippen LogP contribution >= 0.6 is 0 Å². The van der Waals surface area contributed by atoms with Crippen LogP contribution in [0.3, 0.4) is 0 Å². The van der Waals surface area contributed by atoms with Crippen LogP contribution in [0.5, 0.6) is 11.5 Å². The first-order valence-corrected chi connectivity index (χ1v) is 12.3. The zero-order chi connectivity index (χ0) is 24.7. The second-order valence-corrected chi connectivity index (χ2v) is 10.5. The fraction of sp³-hybridized carbons (Fsp3) is 0.200. The molecule has 0 radical (unpaired) electrons. The predicted molar refractivity (Wildman–Crippen MR) is 144 cm³/mol. The van der Waals surface area contributed by atoms with Gasteiger partial charge in [0, 0.05) is 16.5 Å². The highest BCUT2D eigenvalue weighted by Crippen LogP contribution is 2.50. The Morgan fingerprint density at radius 3 is 2.17 bits per heavy atom. The normalized spacial score (nSPS) is 17.8. The molecular weight excluding hydrogens is 449 g/mol. The zero-order valence-electron chi connectivity index (χ0n) is 20.7. The Bertz CT molecular complexity index is 1640. The summed E-state index contributed by atoms with van der Waals surface area (Å²) < 4.78 is 25.1. The minimum Gasteiger partial charge on any atom is -0.456 e. The largest absolute Gasteiger partial charge is 0.494 e. The third kappa shape index (κ3) is 3.11. The fourth-order valence-corrected chi connectivity index (χ4v) is 5.03. The molecule has 0 aliphatic carbocycles. The maximum Gasteiger partial charge on any atom is 0.494 e. The number of hydrogen-bond acceptors (Lipinski definition) is 5. The third-order valence-electron chi connectivity index (χ3n) is 7.69. The smallest absolute Gasteiger partial charge is 0.456 e. The van der Waals surface area contributed by atoms with E-state index in [0.717, 1.165) is 56.0 Å². The molecule has 2 aliphatic rings. The van der Waals surface area contributed by atoms with Crippen LogP contribution in [0, 0.1) is 0 Å². The van der Waals surface area contributed by atoms with Crippen molar-refractivity contribution >= 4 is 51.6 Å². The summed E-state index contributed by atoms with van der Waals surface area (Å²) in [7, 11) is -0.455. The molecule has 5 aromatic rings. The van der Waals surface area contributed by atoms with E-state index in [9.17, 15) is 0 Å². The van der Waals surface area contributed by atoms with Gasteiger partial charge in [-0.25, -0.2) is 0 Å². The van der Waals surface area contributed by atoms with Crippen molar-refractivity contribution in [2.45, 2.75) is 38.9 Å². The van der Waals surface area contributed by atoms with Gasteiger partial charge in [-0.1, -0.05) is 36.4 Å². The van der Waals surface area contributed by atoms with E-state index in [2.05, 4.69) is 69.0 Å². The van der Waals surface area contributed by atoms with Crippen molar-refractivity contribution in [3.05, 3.63) is 84.9 Å². The average Bonchev–Trinajstić information content (AvgIpc) is 3.34. The Hall–Kier alpha value is -3.74. The van der Waals surface area contributed by atoms with Gasteiger partial charge in [0.15, 0.2) is 11.5 Å². The summed E-state index contributed by atoms with van der Waals surface area (Å²) in [5.74, 6) is 1.56. The molecular formula is C30H26BNO4. The summed E-state index contributed by atoms with van der Waals surface area (Å²) in [5.41, 5.74) is 4.86. The van der Waals surface area contributed by atoms with Gasteiger partial charge in [0.25, 0.3) is 0 Å². The van der Waals surface area contributed by atoms with Crippen molar-refractivity contribution < 1.29 is 18.5 Å². The van der Waals surface area contributed by atoms with Crippen LogP contribution in [-0.4, -0.2) is 18.3 Å². The third-order valence-corrected chi connectivity index (χ3v) is 7.69. The molecule has 4 aromatic carbocycles. The first kappa shape index (κ1) is 21.5. The minimum absolute atomic E-state index is 0.407. The maximum absolute atomic E-state index is 6.40. The summed E-state index contributed by atoms with van der Waals surface area (Å²) in [6.07, 6.45) is 0. The first-order valence-electron chi connectivity index (χ1n) is 12.3. The van der Waals surface area contributed by atoms with E-state index in [0.29, 0.717) is 0 Å². The zero-order valence-corrected chi connectivity index (χ0v) is 20.7. The minimum atomic E-state index is -0.455. The van der Waals surface area contributed by atoms with E-state index >= 15 is 0 Å². The Kier molecular flexibility index (Phi) is 4.42. The average molecular weight is 475 g/mol. The quantitative estimate of drug-likeness (QED) is 0.243. The number of para-hydroxylation sites is 3. The monoisotopic (exact) mass is 475 g/mol. The van der Waals surface area contributed by atoms with Crippen LogP contribution < -0.4 is 15.1 Å². The SMILES string of the molecule is CC1(C)OB(c2ccc3c(c2)Oc2ccccc2N3c2ccc3oc4ccccc4c3c2)OC1(C)C. The van der Waals surface area contributed by atoms with Crippen molar-refractivity contribution in [2.75, 3.05) is 4.90 Å². The summed E-state index contributed by atoms with van der Waals surface area (Å²) in [4.78, 5) is 2.24. The topological polar surface area (TPSA) is 44.1 Å². The standard InChI is InChI=1S/C30H26BNO4/c1-29(2)30(3,4)36-31(35-29)19-13-15-24-28(17-19)34-27-12-8-6-10-23(27)32(24)20-14-16-26-22(18-20)21-9-5-7-11-25(21)33-26/h5-18H,1-4H3. The summed E-state index contributed by atoms with van der Waals surface area (Å²) in [5, 5.41) is 2.19. The van der Waals surface area contributed by atoms with Gasteiger partial charge >= 0.3 is 7.12 Å². The van der Waals surface area contributed by atoms with Gasteiger partial charge in [0.1, 0.15) is 11.2 Å². The molecule has 0 N–H and O–H groups in total. The van der Waals surface area contributed by atoms with E-state index in [4.69, 9.17) is 18.5 Å². The van der Waals surface area contributed by atoms with E-state index in [1.54, 1.807) is 0 Å². The lowest BCUT2D eigenvalue weighted by Crippen LogP contribution is -2.41. The fourth-order valence-electron chi connectivity index (χ4n) is 5.03. The van der Waals surface area contributed by atoms with Crippen molar-refractivity contribution in [2.24, 2.45) is 0 Å². The molecule has 1 saturated heterocycles. The number of furan rings is 1. The van der Waals surface area contributed by atoms with Gasteiger partial charge in [-0.05, 0) is 81.7 Å². The first-order chi connectivity index (χ1) is 17.3. The molecule has 0 spiro atoms. The molecule has 3 heterocycles. The summed E-state index contributed by atoms with van der Waals surface area (Å²) in [6, 6.07) is 28.8. The van der Waals surface area contributed by atoms with Crippen LogP contribution in [-0.2, 0) is 9.31 Å². The van der Waals surface area contributed by atoms with Gasteiger partial charge in [0.2, 0.25) is 0 Å². The Balaban J connectivity index is 1.36.